The molecule has 0 amide bonds. The van der Waals surface area contributed by atoms with Gasteiger partial charge in [-0.3, -0.25) is 0 Å². The molecule has 0 rings (SSSR count). The van der Waals surface area contributed by atoms with Crippen LogP contribution >= 0.6 is 0 Å². The molecular weight excluding hydrogens is 264 g/mol. The third kappa shape index (κ3) is 17.6. The molecule has 0 aliphatic heterocycles. The highest BCUT2D eigenvalue weighted by Gasteiger charge is 2.00. The minimum atomic E-state index is 0.878. The van der Waals surface area contributed by atoms with Gasteiger partial charge in [-0.15, -0.1) is 11.8 Å². The SMILES string of the molecule is [CH2]CCCCCCCCCC#CCCCCC(C)CCC[CH2]. The van der Waals surface area contributed by atoms with Gasteiger partial charge in [-0.1, -0.05) is 97.8 Å². The van der Waals surface area contributed by atoms with Crippen LogP contribution in [0.15, 0.2) is 0 Å². The summed E-state index contributed by atoms with van der Waals surface area (Å²) in [5.74, 6) is 7.58. The summed E-state index contributed by atoms with van der Waals surface area (Å²) in [6.07, 6.45) is 20.6. The van der Waals surface area contributed by atoms with Gasteiger partial charge in [0.15, 0.2) is 0 Å². The molecule has 128 valence electrons. The third-order valence-corrected chi connectivity index (χ3v) is 4.37. The van der Waals surface area contributed by atoms with Crippen molar-refractivity contribution in [2.24, 2.45) is 5.92 Å². The Labute approximate surface area is 141 Å². The zero-order chi connectivity index (χ0) is 16.3. The molecule has 0 spiro atoms. The van der Waals surface area contributed by atoms with Gasteiger partial charge < -0.3 is 0 Å². The lowest BCUT2D eigenvalue weighted by atomic mass is 9.97. The molecule has 0 N–H and O–H groups in total. The van der Waals surface area contributed by atoms with Gasteiger partial charge in [-0.2, -0.15) is 0 Å². The van der Waals surface area contributed by atoms with E-state index in [2.05, 4.69) is 32.6 Å². The molecule has 0 aromatic carbocycles. The summed E-state index contributed by atoms with van der Waals surface area (Å²) < 4.78 is 0. The molecule has 1 atom stereocenters. The fourth-order valence-electron chi connectivity index (χ4n) is 2.79. The van der Waals surface area contributed by atoms with Crippen molar-refractivity contribution in [3.8, 4) is 11.8 Å². The lowest BCUT2D eigenvalue weighted by Gasteiger charge is -2.09. The van der Waals surface area contributed by atoms with Gasteiger partial charge in [-0.25, -0.2) is 0 Å². The molecule has 0 aromatic heterocycles. The van der Waals surface area contributed by atoms with Crippen LogP contribution in [-0.2, 0) is 0 Å². The van der Waals surface area contributed by atoms with E-state index in [0.717, 1.165) is 31.6 Å². The van der Waals surface area contributed by atoms with E-state index in [9.17, 15) is 0 Å². The first-order valence-corrected chi connectivity index (χ1v) is 9.85. The second-order valence-electron chi connectivity index (χ2n) is 6.78. The minimum Gasteiger partial charge on any atom is -0.103 e. The van der Waals surface area contributed by atoms with E-state index < -0.39 is 0 Å². The molecule has 0 aliphatic carbocycles. The number of unbranched alkanes of at least 4 members (excludes halogenated alkanes) is 11. The number of hydrogen-bond acceptors (Lipinski definition) is 0. The predicted octanol–water partition coefficient (Wildman–Crippen LogP) is 7.54. The van der Waals surface area contributed by atoms with Crippen LogP contribution in [0.3, 0.4) is 0 Å². The van der Waals surface area contributed by atoms with Crippen molar-refractivity contribution in [3.63, 3.8) is 0 Å². The molecular formula is C22H40. The Morgan fingerprint density at radius 2 is 1.05 bits per heavy atom. The van der Waals surface area contributed by atoms with Gasteiger partial charge in [-0.05, 0) is 18.8 Å². The quantitative estimate of drug-likeness (QED) is 0.216. The largest absolute Gasteiger partial charge is 0.103 e. The smallest absolute Gasteiger partial charge is 0.00886 e. The van der Waals surface area contributed by atoms with Crippen LogP contribution in [0.25, 0.3) is 0 Å². The van der Waals surface area contributed by atoms with Crippen molar-refractivity contribution in [2.45, 2.75) is 110 Å². The van der Waals surface area contributed by atoms with Crippen LogP contribution in [0, 0.1) is 31.6 Å². The Morgan fingerprint density at radius 3 is 1.64 bits per heavy atom. The van der Waals surface area contributed by atoms with Crippen LogP contribution < -0.4 is 0 Å². The van der Waals surface area contributed by atoms with E-state index in [1.165, 1.54) is 77.0 Å². The van der Waals surface area contributed by atoms with Crippen molar-refractivity contribution in [1.29, 1.82) is 0 Å². The van der Waals surface area contributed by atoms with Crippen LogP contribution in [0.1, 0.15) is 110 Å². The lowest BCUT2D eigenvalue weighted by molar-refractivity contribution is 0.455. The first-order valence-electron chi connectivity index (χ1n) is 9.85. The van der Waals surface area contributed by atoms with E-state index in [1.807, 2.05) is 0 Å². The average molecular weight is 305 g/mol. The fourth-order valence-corrected chi connectivity index (χ4v) is 2.79. The third-order valence-electron chi connectivity index (χ3n) is 4.37. The maximum absolute atomic E-state index is 3.91. The molecule has 0 aromatic rings. The predicted molar refractivity (Wildman–Crippen MR) is 102 cm³/mol. The Bertz CT molecular complexity index is 255. The van der Waals surface area contributed by atoms with Crippen LogP contribution in [0.4, 0.5) is 0 Å². The highest BCUT2D eigenvalue weighted by atomic mass is 14.1. The minimum absolute atomic E-state index is 0.878. The molecule has 0 fully saturated rings. The summed E-state index contributed by atoms with van der Waals surface area (Å²) in [4.78, 5) is 0. The van der Waals surface area contributed by atoms with Crippen molar-refractivity contribution in [3.05, 3.63) is 13.8 Å². The summed E-state index contributed by atoms with van der Waals surface area (Å²) in [5, 5.41) is 0. The number of rotatable bonds is 15. The van der Waals surface area contributed by atoms with Gasteiger partial charge in [0.25, 0.3) is 0 Å². The zero-order valence-electron chi connectivity index (χ0n) is 15.3. The molecule has 22 heavy (non-hydrogen) atoms. The van der Waals surface area contributed by atoms with Crippen molar-refractivity contribution >= 4 is 0 Å². The average Bonchev–Trinajstić information content (AvgIpc) is 2.53. The molecule has 0 nitrogen and oxygen atoms in total. The van der Waals surface area contributed by atoms with Gasteiger partial charge in [0.1, 0.15) is 0 Å². The topological polar surface area (TPSA) is 0 Å². The summed E-state index contributed by atoms with van der Waals surface area (Å²) >= 11 is 0. The zero-order valence-corrected chi connectivity index (χ0v) is 15.3. The second-order valence-corrected chi connectivity index (χ2v) is 6.78. The maximum atomic E-state index is 3.91. The van der Waals surface area contributed by atoms with Crippen LogP contribution in [-0.4, -0.2) is 0 Å². The Balaban J connectivity index is 3.19. The Kier molecular flexibility index (Phi) is 18.2. The van der Waals surface area contributed by atoms with Crippen LogP contribution in [0.5, 0.6) is 0 Å². The first kappa shape index (κ1) is 21.6. The van der Waals surface area contributed by atoms with Gasteiger partial charge in [0, 0.05) is 12.8 Å². The maximum Gasteiger partial charge on any atom is 0.00886 e. The lowest BCUT2D eigenvalue weighted by Crippen LogP contribution is -1.94. The summed E-state index contributed by atoms with van der Waals surface area (Å²) in [7, 11) is 0. The van der Waals surface area contributed by atoms with Gasteiger partial charge in [0.05, 0.1) is 0 Å². The van der Waals surface area contributed by atoms with Gasteiger partial charge in [0.2, 0.25) is 0 Å². The van der Waals surface area contributed by atoms with E-state index in [1.54, 1.807) is 0 Å². The molecule has 0 bridgehead atoms. The first-order chi connectivity index (χ1) is 10.8. The normalized spacial score (nSPS) is 12.0. The van der Waals surface area contributed by atoms with Crippen LogP contribution in [0.2, 0.25) is 0 Å². The standard InChI is InChI=1S/C22H40/c1-4-6-8-9-10-11-12-13-14-15-16-17-18-19-21-22(3)20-7-5-2/h22H,1-2,4-14,17-21H2,3H3. The summed E-state index contributed by atoms with van der Waals surface area (Å²) in [6.45, 7) is 10.2. The Hall–Kier alpha value is -0.440. The molecule has 0 aliphatic rings. The molecule has 0 saturated heterocycles. The van der Waals surface area contributed by atoms with E-state index in [-0.39, 0.29) is 0 Å². The van der Waals surface area contributed by atoms with E-state index >= 15 is 0 Å². The summed E-state index contributed by atoms with van der Waals surface area (Å²) in [5.41, 5.74) is 0. The molecule has 0 heterocycles. The fraction of sp³-hybridized carbons (Fsp3) is 0.818. The molecule has 1 unspecified atom stereocenters. The van der Waals surface area contributed by atoms with Gasteiger partial charge >= 0.3 is 0 Å². The molecule has 0 saturated carbocycles. The van der Waals surface area contributed by atoms with Crippen molar-refractivity contribution in [2.75, 3.05) is 0 Å². The monoisotopic (exact) mass is 304 g/mol. The second kappa shape index (κ2) is 18.6. The molecule has 2 radical (unpaired) electrons. The van der Waals surface area contributed by atoms with E-state index in [4.69, 9.17) is 0 Å². The van der Waals surface area contributed by atoms with Crippen molar-refractivity contribution < 1.29 is 0 Å². The number of hydrogen-bond donors (Lipinski definition) is 0. The van der Waals surface area contributed by atoms with Crippen molar-refractivity contribution in [1.82, 2.24) is 0 Å². The highest BCUT2D eigenvalue weighted by Crippen LogP contribution is 2.15. The molecule has 0 heteroatoms. The van der Waals surface area contributed by atoms with E-state index in [0.29, 0.717) is 0 Å². The summed E-state index contributed by atoms with van der Waals surface area (Å²) in [6, 6.07) is 0. The Morgan fingerprint density at radius 1 is 0.591 bits per heavy atom. The highest BCUT2D eigenvalue weighted by molar-refractivity contribution is 4.98.